The predicted molar refractivity (Wildman–Crippen MR) is 67.8 cm³/mol. The molecule has 3 rings (SSSR count). The van der Waals surface area contributed by atoms with Crippen LogP contribution in [0.15, 0.2) is 6.20 Å². The number of thiazole rings is 1. The molecule has 2 aliphatic rings. The second-order valence-corrected chi connectivity index (χ2v) is 5.83. The molecule has 0 spiro atoms. The molecule has 0 amide bonds. The maximum absolute atomic E-state index is 5.68. The summed E-state index contributed by atoms with van der Waals surface area (Å²) in [5.74, 6) is 0. The molecule has 4 nitrogen and oxygen atoms in total. The maximum atomic E-state index is 5.68. The lowest BCUT2D eigenvalue weighted by atomic mass is 9.98. The van der Waals surface area contributed by atoms with Gasteiger partial charge in [-0.2, -0.15) is 0 Å². The highest BCUT2D eigenvalue weighted by atomic mass is 32.1. The number of piperidine rings is 1. The van der Waals surface area contributed by atoms with Crippen molar-refractivity contribution in [2.24, 2.45) is 0 Å². The fourth-order valence-corrected chi connectivity index (χ4v) is 3.54. The second kappa shape index (κ2) is 4.22. The number of nitrogens with one attached hydrogen (secondary N) is 1. The first kappa shape index (κ1) is 10.4. The molecule has 0 bridgehead atoms. The Morgan fingerprint density at radius 1 is 1.44 bits per heavy atom. The Kier molecular flexibility index (Phi) is 2.73. The standard InChI is InChI=1S/C11H18N4S/c12-10-7-13-11(16-10)14-8-3-5-15-4-1-2-9(15)6-8/h7-9H,1-6,12H2,(H,13,14). The monoisotopic (exact) mass is 238 g/mol. The van der Waals surface area contributed by atoms with Crippen LogP contribution in [-0.4, -0.2) is 35.1 Å². The van der Waals surface area contributed by atoms with Crippen molar-refractivity contribution in [3.05, 3.63) is 6.20 Å². The molecule has 1 aromatic heterocycles. The highest BCUT2D eigenvalue weighted by Crippen LogP contribution is 2.29. The number of fused-ring (bicyclic) bond motifs is 1. The summed E-state index contributed by atoms with van der Waals surface area (Å²) in [6.07, 6.45) is 6.98. The molecular weight excluding hydrogens is 220 g/mol. The Balaban J connectivity index is 1.60. The molecular formula is C11H18N4S. The Morgan fingerprint density at radius 2 is 2.38 bits per heavy atom. The fraction of sp³-hybridized carbons (Fsp3) is 0.727. The van der Waals surface area contributed by atoms with Gasteiger partial charge in [-0.25, -0.2) is 4.98 Å². The molecule has 2 aliphatic heterocycles. The third-order valence-electron chi connectivity index (χ3n) is 3.67. The van der Waals surface area contributed by atoms with E-state index in [0.717, 1.165) is 16.2 Å². The SMILES string of the molecule is Nc1cnc(NC2CCN3CCCC3C2)s1. The van der Waals surface area contributed by atoms with Gasteiger partial charge in [-0.3, -0.25) is 0 Å². The van der Waals surface area contributed by atoms with E-state index in [1.165, 1.54) is 38.8 Å². The van der Waals surface area contributed by atoms with Crippen molar-refractivity contribution in [3.63, 3.8) is 0 Å². The predicted octanol–water partition coefficient (Wildman–Crippen LogP) is 1.76. The largest absolute Gasteiger partial charge is 0.389 e. The quantitative estimate of drug-likeness (QED) is 0.824. The van der Waals surface area contributed by atoms with Crippen molar-refractivity contribution in [1.82, 2.24) is 9.88 Å². The van der Waals surface area contributed by atoms with Crippen LogP contribution < -0.4 is 11.1 Å². The Labute approximate surface area is 99.8 Å². The summed E-state index contributed by atoms with van der Waals surface area (Å²) in [5, 5.41) is 5.29. The molecule has 2 unspecified atom stereocenters. The normalized spacial score (nSPS) is 30.2. The summed E-state index contributed by atoms with van der Waals surface area (Å²) in [7, 11) is 0. The summed E-state index contributed by atoms with van der Waals surface area (Å²) in [5.41, 5.74) is 5.68. The van der Waals surface area contributed by atoms with Crippen molar-refractivity contribution in [1.29, 1.82) is 0 Å². The molecule has 5 heteroatoms. The van der Waals surface area contributed by atoms with Gasteiger partial charge in [0.1, 0.15) is 5.00 Å². The van der Waals surface area contributed by atoms with Gasteiger partial charge in [-0.15, -0.1) is 0 Å². The zero-order valence-corrected chi connectivity index (χ0v) is 10.2. The van der Waals surface area contributed by atoms with Gasteiger partial charge in [0.25, 0.3) is 0 Å². The van der Waals surface area contributed by atoms with E-state index in [1.807, 2.05) is 0 Å². The Hall–Kier alpha value is -0.810. The zero-order valence-electron chi connectivity index (χ0n) is 9.35. The summed E-state index contributed by atoms with van der Waals surface area (Å²) in [6, 6.07) is 1.40. The van der Waals surface area contributed by atoms with Crippen LogP contribution >= 0.6 is 11.3 Å². The van der Waals surface area contributed by atoms with Crippen LogP contribution in [0.2, 0.25) is 0 Å². The molecule has 0 saturated carbocycles. The van der Waals surface area contributed by atoms with Crippen LogP contribution in [0.1, 0.15) is 25.7 Å². The average Bonchev–Trinajstić information content (AvgIpc) is 2.87. The van der Waals surface area contributed by atoms with Gasteiger partial charge in [0.15, 0.2) is 5.13 Å². The summed E-state index contributed by atoms with van der Waals surface area (Å²) in [4.78, 5) is 6.90. The molecule has 88 valence electrons. The lowest BCUT2D eigenvalue weighted by molar-refractivity contribution is 0.188. The molecule has 0 radical (unpaired) electrons. The van der Waals surface area contributed by atoms with Crippen LogP contribution in [0.3, 0.4) is 0 Å². The summed E-state index contributed by atoms with van der Waals surface area (Å²) < 4.78 is 0. The molecule has 2 saturated heterocycles. The van der Waals surface area contributed by atoms with Gasteiger partial charge in [0, 0.05) is 18.6 Å². The molecule has 2 fully saturated rings. The number of aromatic nitrogens is 1. The average molecular weight is 238 g/mol. The second-order valence-electron chi connectivity index (χ2n) is 4.77. The molecule has 0 aromatic carbocycles. The first-order valence-corrected chi connectivity index (χ1v) is 6.85. The van der Waals surface area contributed by atoms with Gasteiger partial charge in [0.05, 0.1) is 6.20 Å². The molecule has 16 heavy (non-hydrogen) atoms. The minimum atomic E-state index is 0.588. The Morgan fingerprint density at radius 3 is 3.19 bits per heavy atom. The number of hydrogen-bond donors (Lipinski definition) is 2. The van der Waals surface area contributed by atoms with Crippen LogP contribution in [-0.2, 0) is 0 Å². The lowest BCUT2D eigenvalue weighted by Gasteiger charge is -2.35. The van der Waals surface area contributed by atoms with E-state index < -0.39 is 0 Å². The highest BCUT2D eigenvalue weighted by molar-refractivity contribution is 7.19. The Bertz CT molecular complexity index is 365. The van der Waals surface area contributed by atoms with Crippen LogP contribution in [0.5, 0.6) is 0 Å². The van der Waals surface area contributed by atoms with Crippen molar-refractivity contribution < 1.29 is 0 Å². The number of anilines is 2. The van der Waals surface area contributed by atoms with E-state index in [1.54, 1.807) is 17.5 Å². The van der Waals surface area contributed by atoms with Gasteiger partial charge < -0.3 is 16.0 Å². The van der Waals surface area contributed by atoms with Crippen molar-refractivity contribution in [2.45, 2.75) is 37.8 Å². The number of nitrogen functional groups attached to an aromatic ring is 1. The van der Waals surface area contributed by atoms with Gasteiger partial charge >= 0.3 is 0 Å². The minimum absolute atomic E-state index is 0.588. The zero-order chi connectivity index (χ0) is 11.0. The maximum Gasteiger partial charge on any atom is 0.184 e. The fourth-order valence-electron chi connectivity index (χ4n) is 2.88. The van der Waals surface area contributed by atoms with E-state index in [4.69, 9.17) is 5.73 Å². The highest BCUT2D eigenvalue weighted by Gasteiger charge is 2.31. The topological polar surface area (TPSA) is 54.2 Å². The molecule has 2 atom stereocenters. The molecule has 3 heterocycles. The first-order valence-electron chi connectivity index (χ1n) is 6.03. The van der Waals surface area contributed by atoms with Crippen molar-refractivity contribution in [3.8, 4) is 0 Å². The van der Waals surface area contributed by atoms with Crippen LogP contribution in [0, 0.1) is 0 Å². The van der Waals surface area contributed by atoms with E-state index >= 15 is 0 Å². The van der Waals surface area contributed by atoms with E-state index in [0.29, 0.717) is 6.04 Å². The molecule has 0 aliphatic carbocycles. The van der Waals surface area contributed by atoms with Crippen LogP contribution in [0.4, 0.5) is 10.1 Å². The summed E-state index contributed by atoms with van der Waals surface area (Å²) >= 11 is 1.55. The van der Waals surface area contributed by atoms with E-state index in [-0.39, 0.29) is 0 Å². The molecule has 3 N–H and O–H groups in total. The number of nitrogens with two attached hydrogens (primary N) is 1. The van der Waals surface area contributed by atoms with Gasteiger partial charge in [-0.1, -0.05) is 11.3 Å². The molecule has 1 aromatic rings. The lowest BCUT2D eigenvalue weighted by Crippen LogP contribution is -2.42. The first-order chi connectivity index (χ1) is 7.81. The van der Waals surface area contributed by atoms with E-state index in [2.05, 4.69) is 15.2 Å². The van der Waals surface area contributed by atoms with Gasteiger partial charge in [-0.05, 0) is 32.2 Å². The summed E-state index contributed by atoms with van der Waals surface area (Å²) in [6.45, 7) is 2.55. The minimum Gasteiger partial charge on any atom is -0.389 e. The van der Waals surface area contributed by atoms with E-state index in [9.17, 15) is 0 Å². The third kappa shape index (κ3) is 2.01. The number of nitrogens with zero attached hydrogens (tertiary/aromatic N) is 2. The number of rotatable bonds is 2. The number of hydrogen-bond acceptors (Lipinski definition) is 5. The third-order valence-corrected chi connectivity index (χ3v) is 4.43. The van der Waals surface area contributed by atoms with Crippen molar-refractivity contribution in [2.75, 3.05) is 24.1 Å². The van der Waals surface area contributed by atoms with Crippen LogP contribution in [0.25, 0.3) is 0 Å². The van der Waals surface area contributed by atoms with Gasteiger partial charge in [0.2, 0.25) is 0 Å². The van der Waals surface area contributed by atoms with Crippen molar-refractivity contribution >= 4 is 21.5 Å². The smallest absolute Gasteiger partial charge is 0.184 e.